The van der Waals surface area contributed by atoms with Crippen LogP contribution in [0.3, 0.4) is 0 Å². The van der Waals surface area contributed by atoms with Crippen molar-refractivity contribution in [3.05, 3.63) is 23.8 Å². The molecule has 0 atom stereocenters. The number of rotatable bonds is 0. The Morgan fingerprint density at radius 2 is 2.27 bits per heavy atom. The zero-order chi connectivity index (χ0) is 6.97. The number of benzene rings is 1. The highest BCUT2D eigenvalue weighted by atomic mass is 35.5. The molecule has 0 amide bonds. The van der Waals surface area contributed by atoms with Gasteiger partial charge in [0.2, 0.25) is 0 Å². The summed E-state index contributed by atoms with van der Waals surface area (Å²) < 4.78 is 5.57. The van der Waals surface area contributed by atoms with E-state index in [0.717, 1.165) is 5.52 Å². The van der Waals surface area contributed by atoms with Crippen LogP contribution in [0.2, 0.25) is 0 Å². The summed E-state index contributed by atoms with van der Waals surface area (Å²) in [5.41, 5.74) is 2.46. The van der Waals surface area contributed by atoms with Crippen molar-refractivity contribution in [2.45, 2.75) is 6.92 Å². The van der Waals surface area contributed by atoms with E-state index in [0.29, 0.717) is 0 Å². The van der Waals surface area contributed by atoms with Crippen LogP contribution in [0, 0.1) is 6.92 Å². The van der Waals surface area contributed by atoms with Crippen LogP contribution in [0.25, 0.3) is 10.2 Å². The highest BCUT2D eigenvalue weighted by molar-refractivity contribution is 7.69. The first-order chi connectivity index (χ1) is 4.88. The first-order valence-electron chi connectivity index (χ1n) is 3.02. The smallest absolute Gasteiger partial charge is 0.323 e. The molecule has 0 bridgehead atoms. The molecule has 2 rings (SSSR count). The van der Waals surface area contributed by atoms with E-state index in [1.165, 1.54) is 10.3 Å². The summed E-state index contributed by atoms with van der Waals surface area (Å²) in [6.45, 7) is 2.12. The Balaban J connectivity index is 0.000000605. The summed E-state index contributed by atoms with van der Waals surface area (Å²) in [5, 5.41) is 0. The lowest BCUT2D eigenvalue weighted by Gasteiger charge is -1.82. The molecule has 0 aliphatic carbocycles. The quantitative estimate of drug-likeness (QED) is 0.432. The molecule has 1 heterocycles. The highest BCUT2D eigenvalue weighted by Gasteiger charge is 2.10. The Morgan fingerprint density at radius 3 is 3.00 bits per heavy atom. The molecule has 0 unspecified atom stereocenters. The Bertz CT molecular complexity index is 358. The van der Waals surface area contributed by atoms with Crippen LogP contribution in [0.15, 0.2) is 18.2 Å². The molecule has 0 saturated carbocycles. The van der Waals surface area contributed by atoms with E-state index < -0.39 is 0 Å². The Morgan fingerprint density at radius 1 is 1.45 bits per heavy atom. The zero-order valence-corrected chi connectivity index (χ0v) is 8.26. The standard InChI is InChI=1S/C7H6NS2.ClH/c1-5-3-2-4-6-7(5)9-10-8-6;/h2-4H,1H3;1H/q+1;/p-1. The molecule has 1 nitrogen and oxygen atoms in total. The zero-order valence-electron chi connectivity index (χ0n) is 5.87. The minimum atomic E-state index is 0. The second kappa shape index (κ2) is 3.43. The monoisotopic (exact) mass is 203 g/mol. The van der Waals surface area contributed by atoms with Crippen molar-refractivity contribution in [2.75, 3.05) is 0 Å². The van der Waals surface area contributed by atoms with Gasteiger partial charge in [0.05, 0.1) is 0 Å². The van der Waals surface area contributed by atoms with Gasteiger partial charge in [-0.2, -0.15) is 0 Å². The van der Waals surface area contributed by atoms with Gasteiger partial charge in [-0.25, -0.2) is 0 Å². The van der Waals surface area contributed by atoms with Crippen molar-refractivity contribution in [1.29, 1.82) is 0 Å². The van der Waals surface area contributed by atoms with Gasteiger partial charge in [-0.3, -0.25) is 0 Å². The third-order valence-corrected chi connectivity index (χ3v) is 3.44. The fourth-order valence-corrected chi connectivity index (χ4v) is 2.94. The van der Waals surface area contributed by atoms with Crippen LogP contribution in [-0.2, 0) is 0 Å². The molecular formula is C7H6ClNS2. The van der Waals surface area contributed by atoms with E-state index in [1.54, 1.807) is 20.9 Å². The molecular weight excluding hydrogens is 198 g/mol. The maximum absolute atomic E-state index is 4.24. The fourth-order valence-electron chi connectivity index (χ4n) is 0.913. The Kier molecular flexibility index (Phi) is 2.76. The van der Waals surface area contributed by atoms with Crippen molar-refractivity contribution in [3.8, 4) is 0 Å². The lowest BCUT2D eigenvalue weighted by molar-refractivity contribution is -0.00000196. The molecule has 1 aromatic carbocycles. The molecule has 0 fully saturated rings. The summed E-state index contributed by atoms with van der Waals surface area (Å²) in [7, 11) is 3.30. The van der Waals surface area contributed by atoms with Crippen LogP contribution in [0.4, 0.5) is 0 Å². The van der Waals surface area contributed by atoms with Gasteiger partial charge in [0.25, 0.3) is 15.2 Å². The van der Waals surface area contributed by atoms with Crippen LogP contribution in [0.5, 0.6) is 0 Å². The summed E-state index contributed by atoms with van der Waals surface area (Å²) in [6, 6.07) is 6.21. The average Bonchev–Trinajstić information content (AvgIpc) is 2.36. The number of fused-ring (bicyclic) bond motifs is 1. The average molecular weight is 204 g/mol. The minimum absolute atomic E-state index is 0. The molecule has 58 valence electrons. The van der Waals surface area contributed by atoms with Gasteiger partial charge in [-0.15, -0.1) is 4.37 Å². The van der Waals surface area contributed by atoms with Crippen LogP contribution < -0.4 is 12.4 Å². The summed E-state index contributed by atoms with van der Waals surface area (Å²) in [4.78, 5) is 0. The first-order valence-corrected chi connectivity index (χ1v) is 5.13. The van der Waals surface area contributed by atoms with E-state index in [-0.39, 0.29) is 12.4 Å². The lowest BCUT2D eigenvalue weighted by atomic mass is 10.2. The van der Waals surface area contributed by atoms with E-state index >= 15 is 0 Å². The van der Waals surface area contributed by atoms with E-state index in [4.69, 9.17) is 0 Å². The number of halogens is 1. The van der Waals surface area contributed by atoms with Gasteiger partial charge in [-0.1, -0.05) is 12.1 Å². The minimum Gasteiger partial charge on any atom is -1.00 e. The first kappa shape index (κ1) is 8.84. The van der Waals surface area contributed by atoms with Crippen LogP contribution in [0.1, 0.15) is 5.56 Å². The molecule has 0 spiro atoms. The molecule has 11 heavy (non-hydrogen) atoms. The van der Waals surface area contributed by atoms with E-state index in [1.807, 2.05) is 6.07 Å². The van der Waals surface area contributed by atoms with Crippen LogP contribution >= 0.6 is 20.9 Å². The van der Waals surface area contributed by atoms with Gasteiger partial charge in [-0.05, 0) is 13.0 Å². The van der Waals surface area contributed by atoms with Gasteiger partial charge in [0, 0.05) is 5.56 Å². The molecule has 0 radical (unpaired) electrons. The molecule has 1 aromatic heterocycles. The van der Waals surface area contributed by atoms with Gasteiger partial charge in [0.1, 0.15) is 5.52 Å². The number of nitrogens with zero attached hydrogens (tertiary/aromatic N) is 1. The van der Waals surface area contributed by atoms with E-state index in [2.05, 4.69) is 23.4 Å². The largest absolute Gasteiger partial charge is 1.00 e. The molecule has 0 saturated heterocycles. The fraction of sp³-hybridized carbons (Fsp3) is 0.143. The maximum Gasteiger partial charge on any atom is 0.323 e. The van der Waals surface area contributed by atoms with Crippen molar-refractivity contribution >= 4 is 31.1 Å². The SMILES string of the molecule is Cc1cccc2ns[s+]c12.[Cl-]. The predicted octanol–water partition coefficient (Wildman–Crippen LogP) is -0.0487. The second-order valence-electron chi connectivity index (χ2n) is 2.17. The van der Waals surface area contributed by atoms with Crippen molar-refractivity contribution < 1.29 is 12.4 Å². The number of aryl methyl sites for hydroxylation is 1. The normalized spacial score (nSPS) is 9.55. The number of hydrogen-bond donors (Lipinski definition) is 0. The van der Waals surface area contributed by atoms with Crippen molar-refractivity contribution in [1.82, 2.24) is 4.37 Å². The summed E-state index contributed by atoms with van der Waals surface area (Å²) in [5.74, 6) is 0. The molecule has 4 heteroatoms. The highest BCUT2D eigenvalue weighted by Crippen LogP contribution is 2.24. The molecule has 0 N–H and O–H groups in total. The third-order valence-electron chi connectivity index (χ3n) is 1.45. The van der Waals surface area contributed by atoms with Crippen molar-refractivity contribution in [2.24, 2.45) is 0 Å². The van der Waals surface area contributed by atoms with E-state index in [9.17, 15) is 0 Å². The van der Waals surface area contributed by atoms with Crippen LogP contribution in [-0.4, -0.2) is 4.37 Å². The number of aromatic nitrogens is 1. The topological polar surface area (TPSA) is 12.9 Å². The third kappa shape index (κ3) is 1.50. The summed E-state index contributed by atoms with van der Waals surface area (Å²) >= 11 is 0. The number of hydrogen-bond acceptors (Lipinski definition) is 2. The van der Waals surface area contributed by atoms with Gasteiger partial charge >= 0.3 is 10.3 Å². The van der Waals surface area contributed by atoms with Gasteiger partial charge < -0.3 is 12.4 Å². The molecule has 0 aliphatic rings. The van der Waals surface area contributed by atoms with Crippen molar-refractivity contribution in [3.63, 3.8) is 0 Å². The predicted molar refractivity (Wildman–Crippen MR) is 46.6 cm³/mol. The second-order valence-corrected chi connectivity index (χ2v) is 4.03. The Hall–Kier alpha value is -0.250. The Labute approximate surface area is 78.7 Å². The van der Waals surface area contributed by atoms with Gasteiger partial charge in [0.15, 0.2) is 0 Å². The molecule has 0 aliphatic heterocycles. The maximum atomic E-state index is 4.24. The summed E-state index contributed by atoms with van der Waals surface area (Å²) in [6.07, 6.45) is 0. The lowest BCUT2D eigenvalue weighted by Crippen LogP contribution is -3.00. The molecule has 2 aromatic rings.